The molecule has 4 rings (SSSR count). The zero-order valence-corrected chi connectivity index (χ0v) is 18.0. The molecule has 2 aliphatic rings. The number of hydrogen-bond acceptors (Lipinski definition) is 4. The lowest BCUT2D eigenvalue weighted by atomic mass is 9.73. The highest BCUT2D eigenvalue weighted by Gasteiger charge is 2.44. The number of thiophene rings is 1. The van der Waals surface area contributed by atoms with Gasteiger partial charge < -0.3 is 15.5 Å². The maximum atomic E-state index is 13.1. The van der Waals surface area contributed by atoms with Crippen molar-refractivity contribution in [2.24, 2.45) is 17.1 Å². The smallest absolute Gasteiger partial charge is 0.228 e. The van der Waals surface area contributed by atoms with E-state index in [1.54, 1.807) is 28.2 Å². The van der Waals surface area contributed by atoms with E-state index in [1.165, 1.54) is 0 Å². The standard InChI is InChI=1S/C23H27N3O3S/c1-25-14-17(12-20(25)27)21(28)26-10-5-9-23(15-26,22(24)29)13-16-6-2-3-7-18(16)19-8-4-11-30-19/h2-4,6-8,11,17H,5,9-10,12-15H2,1H3,(H2,24,29)/t17-,23-/m0/s1. The van der Waals surface area contributed by atoms with Gasteiger partial charge in [0.15, 0.2) is 0 Å². The average molecular weight is 426 g/mol. The van der Waals surface area contributed by atoms with Gasteiger partial charge in [-0.2, -0.15) is 0 Å². The van der Waals surface area contributed by atoms with Crippen LogP contribution in [0.1, 0.15) is 24.8 Å². The maximum absolute atomic E-state index is 13.1. The van der Waals surface area contributed by atoms with Gasteiger partial charge in [0.05, 0.1) is 11.3 Å². The fraction of sp³-hybridized carbons (Fsp3) is 0.435. The normalized spacial score (nSPS) is 24.3. The highest BCUT2D eigenvalue weighted by atomic mass is 32.1. The van der Waals surface area contributed by atoms with E-state index in [2.05, 4.69) is 12.1 Å². The van der Waals surface area contributed by atoms with Crippen molar-refractivity contribution in [1.29, 1.82) is 0 Å². The van der Waals surface area contributed by atoms with Crippen molar-refractivity contribution in [2.45, 2.75) is 25.7 Å². The predicted octanol–water partition coefficient (Wildman–Crippen LogP) is 2.53. The third-order valence-electron chi connectivity index (χ3n) is 6.43. The largest absolute Gasteiger partial charge is 0.369 e. The van der Waals surface area contributed by atoms with E-state index in [1.807, 2.05) is 29.6 Å². The first-order chi connectivity index (χ1) is 14.4. The molecule has 0 radical (unpaired) electrons. The Hall–Kier alpha value is -2.67. The van der Waals surface area contributed by atoms with Gasteiger partial charge in [-0.1, -0.05) is 30.3 Å². The first-order valence-electron chi connectivity index (χ1n) is 10.3. The van der Waals surface area contributed by atoms with Crippen molar-refractivity contribution in [2.75, 3.05) is 26.7 Å². The van der Waals surface area contributed by atoms with Crippen LogP contribution in [0.3, 0.4) is 0 Å². The Balaban J connectivity index is 1.59. The molecular weight excluding hydrogens is 398 g/mol. The molecular formula is C23H27N3O3S. The lowest BCUT2D eigenvalue weighted by Gasteiger charge is -2.42. The van der Waals surface area contributed by atoms with Crippen LogP contribution < -0.4 is 5.73 Å². The third kappa shape index (κ3) is 3.86. The van der Waals surface area contributed by atoms with E-state index in [0.29, 0.717) is 32.5 Å². The van der Waals surface area contributed by atoms with E-state index < -0.39 is 5.41 Å². The number of amides is 3. The van der Waals surface area contributed by atoms with Gasteiger partial charge in [-0.05, 0) is 41.8 Å². The summed E-state index contributed by atoms with van der Waals surface area (Å²) in [6.45, 7) is 1.36. The molecule has 6 nitrogen and oxygen atoms in total. The van der Waals surface area contributed by atoms with Crippen LogP contribution in [0, 0.1) is 11.3 Å². The predicted molar refractivity (Wildman–Crippen MR) is 117 cm³/mol. The number of carbonyl (C=O) groups is 3. The number of hydrogen-bond donors (Lipinski definition) is 1. The van der Waals surface area contributed by atoms with E-state index in [4.69, 9.17) is 5.73 Å². The van der Waals surface area contributed by atoms with Crippen molar-refractivity contribution < 1.29 is 14.4 Å². The average Bonchev–Trinajstić information content (AvgIpc) is 3.38. The van der Waals surface area contributed by atoms with Crippen molar-refractivity contribution in [3.05, 3.63) is 47.3 Å². The summed E-state index contributed by atoms with van der Waals surface area (Å²) < 4.78 is 0. The molecule has 1 aromatic heterocycles. The van der Waals surface area contributed by atoms with Gasteiger partial charge in [0.1, 0.15) is 0 Å². The molecule has 7 heteroatoms. The highest BCUT2D eigenvalue weighted by Crippen LogP contribution is 2.38. The molecule has 0 unspecified atom stereocenters. The molecule has 158 valence electrons. The van der Waals surface area contributed by atoms with Crippen LogP contribution in [0.25, 0.3) is 10.4 Å². The summed E-state index contributed by atoms with van der Waals surface area (Å²) in [5.74, 6) is -0.730. The van der Waals surface area contributed by atoms with Gasteiger partial charge in [0.2, 0.25) is 17.7 Å². The molecule has 2 aliphatic heterocycles. The molecule has 0 bridgehead atoms. The topological polar surface area (TPSA) is 83.7 Å². The summed E-state index contributed by atoms with van der Waals surface area (Å²) in [7, 11) is 1.72. The number of primary amides is 1. The van der Waals surface area contributed by atoms with Crippen molar-refractivity contribution in [3.63, 3.8) is 0 Å². The number of benzene rings is 1. The number of nitrogens with zero attached hydrogens (tertiary/aromatic N) is 2. The second-order valence-electron chi connectivity index (χ2n) is 8.49. The molecule has 3 amide bonds. The molecule has 3 heterocycles. The Bertz CT molecular complexity index is 958. The van der Waals surface area contributed by atoms with Crippen molar-refractivity contribution in [1.82, 2.24) is 9.80 Å². The summed E-state index contributed by atoms with van der Waals surface area (Å²) in [4.78, 5) is 42.2. The van der Waals surface area contributed by atoms with E-state index in [-0.39, 0.29) is 30.1 Å². The fourth-order valence-electron chi connectivity index (χ4n) is 4.75. The minimum absolute atomic E-state index is 0.00333. The monoisotopic (exact) mass is 425 g/mol. The minimum atomic E-state index is -0.796. The van der Waals surface area contributed by atoms with Crippen LogP contribution in [0.5, 0.6) is 0 Å². The minimum Gasteiger partial charge on any atom is -0.369 e. The van der Waals surface area contributed by atoms with E-state index >= 15 is 0 Å². The van der Waals surface area contributed by atoms with E-state index in [9.17, 15) is 14.4 Å². The van der Waals surface area contributed by atoms with Gasteiger partial charge in [0, 0.05) is 38.0 Å². The Labute approximate surface area is 180 Å². The maximum Gasteiger partial charge on any atom is 0.228 e. The van der Waals surface area contributed by atoms with E-state index in [0.717, 1.165) is 22.4 Å². The summed E-state index contributed by atoms with van der Waals surface area (Å²) in [5.41, 5.74) is 7.33. The van der Waals surface area contributed by atoms with Crippen LogP contribution in [-0.4, -0.2) is 54.2 Å². The van der Waals surface area contributed by atoms with Gasteiger partial charge in [-0.25, -0.2) is 0 Å². The van der Waals surface area contributed by atoms with Gasteiger partial charge >= 0.3 is 0 Å². The van der Waals surface area contributed by atoms with Gasteiger partial charge in [0.25, 0.3) is 0 Å². The summed E-state index contributed by atoms with van der Waals surface area (Å²) in [6, 6.07) is 12.2. The first-order valence-corrected chi connectivity index (χ1v) is 11.2. The van der Waals surface area contributed by atoms with Crippen LogP contribution in [0.4, 0.5) is 0 Å². The molecule has 0 saturated carbocycles. The third-order valence-corrected chi connectivity index (χ3v) is 7.34. The summed E-state index contributed by atoms with van der Waals surface area (Å²) >= 11 is 1.66. The number of carbonyl (C=O) groups excluding carboxylic acids is 3. The zero-order chi connectivity index (χ0) is 21.3. The molecule has 2 N–H and O–H groups in total. The zero-order valence-electron chi connectivity index (χ0n) is 17.2. The quantitative estimate of drug-likeness (QED) is 0.799. The highest BCUT2D eigenvalue weighted by molar-refractivity contribution is 7.13. The molecule has 2 atom stereocenters. The second-order valence-corrected chi connectivity index (χ2v) is 9.44. The molecule has 2 aromatic rings. The van der Waals surface area contributed by atoms with Gasteiger partial charge in [-0.15, -0.1) is 11.3 Å². The Morgan fingerprint density at radius 2 is 2.03 bits per heavy atom. The number of rotatable bonds is 5. The molecule has 0 spiro atoms. The van der Waals surface area contributed by atoms with Crippen LogP contribution >= 0.6 is 11.3 Å². The lowest BCUT2D eigenvalue weighted by molar-refractivity contribution is -0.143. The second kappa shape index (κ2) is 8.22. The lowest BCUT2D eigenvalue weighted by Crippen LogP contribution is -2.54. The van der Waals surface area contributed by atoms with Crippen LogP contribution in [0.2, 0.25) is 0 Å². The Morgan fingerprint density at radius 1 is 1.23 bits per heavy atom. The summed E-state index contributed by atoms with van der Waals surface area (Å²) in [5, 5.41) is 2.04. The Kier molecular flexibility index (Phi) is 5.64. The molecule has 30 heavy (non-hydrogen) atoms. The summed E-state index contributed by atoms with van der Waals surface area (Å²) in [6.07, 6.45) is 2.14. The molecule has 2 fully saturated rings. The fourth-order valence-corrected chi connectivity index (χ4v) is 5.54. The number of piperidine rings is 1. The first kappa shape index (κ1) is 20.6. The van der Waals surface area contributed by atoms with Crippen molar-refractivity contribution in [3.8, 4) is 10.4 Å². The molecule has 0 aliphatic carbocycles. The Morgan fingerprint density at radius 3 is 2.70 bits per heavy atom. The SMILES string of the molecule is CN1C[C@@H](C(=O)N2CCC[C@@](Cc3ccccc3-c3cccs3)(C(N)=O)C2)CC1=O. The molecule has 1 aromatic carbocycles. The molecule has 2 saturated heterocycles. The van der Waals surface area contributed by atoms with Crippen LogP contribution in [0.15, 0.2) is 41.8 Å². The van der Waals surface area contributed by atoms with Crippen molar-refractivity contribution >= 4 is 29.1 Å². The number of likely N-dealkylation sites (tertiary alicyclic amines) is 2. The number of nitrogens with two attached hydrogens (primary N) is 1. The van der Waals surface area contributed by atoms with Crippen LogP contribution in [-0.2, 0) is 20.8 Å². The van der Waals surface area contributed by atoms with Gasteiger partial charge in [-0.3, -0.25) is 14.4 Å².